The van der Waals surface area contributed by atoms with Crippen LogP contribution in [0, 0.1) is 0 Å². The lowest BCUT2D eigenvalue weighted by Crippen LogP contribution is -2.31. The molecule has 0 aliphatic carbocycles. The van der Waals surface area contributed by atoms with E-state index < -0.39 is 0 Å². The Hall–Kier alpha value is -1.84. The quantitative estimate of drug-likeness (QED) is 0.856. The highest BCUT2D eigenvalue weighted by atomic mass is 16.5. The molecule has 0 radical (unpaired) electrons. The first-order valence-corrected chi connectivity index (χ1v) is 5.29. The monoisotopic (exact) mass is 218 g/mol. The lowest BCUT2D eigenvalue weighted by atomic mass is 10.1. The number of nitrogens with one attached hydrogen (secondary N) is 1. The molecular weight excluding hydrogens is 204 g/mol. The standard InChI is InChI=1S/C12H14N2O2/c1-8(2)13-12(15)7-10-9-5-3-4-6-11(9)16-14-10/h3-6,8H,7H2,1-2H3,(H,13,15). The molecule has 0 saturated carbocycles. The van der Waals surface area contributed by atoms with Crippen LogP contribution in [0.25, 0.3) is 11.0 Å². The Morgan fingerprint density at radius 1 is 1.44 bits per heavy atom. The van der Waals surface area contributed by atoms with Crippen LogP contribution in [0.5, 0.6) is 0 Å². The zero-order valence-electron chi connectivity index (χ0n) is 9.36. The average Bonchev–Trinajstić information content (AvgIpc) is 2.61. The second-order valence-electron chi connectivity index (χ2n) is 4.02. The molecule has 0 aliphatic heterocycles. The van der Waals surface area contributed by atoms with E-state index in [1.807, 2.05) is 38.1 Å². The summed E-state index contributed by atoms with van der Waals surface area (Å²) >= 11 is 0. The second-order valence-corrected chi connectivity index (χ2v) is 4.02. The van der Waals surface area contributed by atoms with Gasteiger partial charge in [-0.15, -0.1) is 0 Å². The van der Waals surface area contributed by atoms with Gasteiger partial charge >= 0.3 is 0 Å². The van der Waals surface area contributed by atoms with Crippen molar-refractivity contribution in [2.24, 2.45) is 0 Å². The van der Waals surface area contributed by atoms with E-state index in [0.717, 1.165) is 11.0 Å². The highest BCUT2D eigenvalue weighted by molar-refractivity contribution is 5.86. The number of carbonyl (C=O) groups is 1. The van der Waals surface area contributed by atoms with Crippen LogP contribution >= 0.6 is 0 Å². The first-order chi connectivity index (χ1) is 7.66. The summed E-state index contributed by atoms with van der Waals surface area (Å²) in [6, 6.07) is 7.68. The van der Waals surface area contributed by atoms with Gasteiger partial charge in [-0.1, -0.05) is 17.3 Å². The maximum atomic E-state index is 11.6. The molecule has 4 nitrogen and oxygen atoms in total. The van der Waals surface area contributed by atoms with E-state index in [9.17, 15) is 4.79 Å². The van der Waals surface area contributed by atoms with Crippen LogP contribution in [0.1, 0.15) is 19.5 Å². The highest BCUT2D eigenvalue weighted by Gasteiger charge is 2.12. The Morgan fingerprint density at radius 2 is 2.19 bits per heavy atom. The van der Waals surface area contributed by atoms with Crippen molar-refractivity contribution in [1.29, 1.82) is 0 Å². The van der Waals surface area contributed by atoms with Gasteiger partial charge in [-0.05, 0) is 26.0 Å². The molecule has 1 heterocycles. The van der Waals surface area contributed by atoms with Crippen LogP contribution in [0.15, 0.2) is 28.8 Å². The van der Waals surface area contributed by atoms with E-state index in [1.165, 1.54) is 0 Å². The molecule has 16 heavy (non-hydrogen) atoms. The first-order valence-electron chi connectivity index (χ1n) is 5.29. The van der Waals surface area contributed by atoms with Crippen LogP contribution in [-0.4, -0.2) is 17.1 Å². The number of hydrogen-bond donors (Lipinski definition) is 1. The summed E-state index contributed by atoms with van der Waals surface area (Å²) in [7, 11) is 0. The van der Waals surface area contributed by atoms with Crippen molar-refractivity contribution in [2.45, 2.75) is 26.3 Å². The number of aromatic nitrogens is 1. The van der Waals surface area contributed by atoms with Gasteiger partial charge in [0.15, 0.2) is 5.58 Å². The van der Waals surface area contributed by atoms with Crippen LogP contribution in [0.2, 0.25) is 0 Å². The number of nitrogens with zero attached hydrogens (tertiary/aromatic N) is 1. The van der Waals surface area contributed by atoms with Crippen LogP contribution in [0.3, 0.4) is 0 Å². The van der Waals surface area contributed by atoms with Gasteiger partial charge in [-0.3, -0.25) is 4.79 Å². The highest BCUT2D eigenvalue weighted by Crippen LogP contribution is 2.17. The molecular formula is C12H14N2O2. The molecule has 0 aliphatic rings. The number of hydrogen-bond acceptors (Lipinski definition) is 3. The minimum absolute atomic E-state index is 0.0333. The third-order valence-corrected chi connectivity index (χ3v) is 2.23. The Balaban J connectivity index is 2.18. The predicted octanol–water partition coefficient (Wildman–Crippen LogP) is 1.89. The Kier molecular flexibility index (Phi) is 2.90. The van der Waals surface area contributed by atoms with Gasteiger partial charge in [0.2, 0.25) is 5.91 Å². The molecule has 2 aromatic rings. The molecule has 1 aromatic heterocycles. The molecule has 84 valence electrons. The third-order valence-electron chi connectivity index (χ3n) is 2.23. The van der Waals surface area contributed by atoms with Crippen molar-refractivity contribution < 1.29 is 9.32 Å². The molecule has 2 rings (SSSR count). The summed E-state index contributed by atoms with van der Waals surface area (Å²) in [5.74, 6) is -0.0333. The normalized spacial score (nSPS) is 10.9. The fraction of sp³-hybridized carbons (Fsp3) is 0.333. The molecule has 1 aromatic carbocycles. The van der Waals surface area contributed by atoms with Gasteiger partial charge in [0, 0.05) is 11.4 Å². The predicted molar refractivity (Wildman–Crippen MR) is 61.0 cm³/mol. The first kappa shape index (κ1) is 10.7. The number of rotatable bonds is 3. The molecule has 0 atom stereocenters. The van der Waals surface area contributed by atoms with Gasteiger partial charge in [0.25, 0.3) is 0 Å². The Bertz CT molecular complexity index is 502. The summed E-state index contributed by atoms with van der Waals surface area (Å²) in [5, 5.41) is 7.64. The summed E-state index contributed by atoms with van der Waals surface area (Å²) in [6.45, 7) is 3.86. The number of carbonyl (C=O) groups excluding carboxylic acids is 1. The van der Waals surface area contributed by atoms with Gasteiger partial charge < -0.3 is 9.84 Å². The minimum Gasteiger partial charge on any atom is -0.356 e. The summed E-state index contributed by atoms with van der Waals surface area (Å²) < 4.78 is 5.12. The summed E-state index contributed by atoms with van der Waals surface area (Å²) in [4.78, 5) is 11.6. The maximum Gasteiger partial charge on any atom is 0.226 e. The number of fused-ring (bicyclic) bond motifs is 1. The van der Waals surface area contributed by atoms with Crippen molar-refractivity contribution in [3.63, 3.8) is 0 Å². The van der Waals surface area contributed by atoms with Gasteiger partial charge in [-0.2, -0.15) is 0 Å². The fourth-order valence-electron chi connectivity index (χ4n) is 1.59. The van der Waals surface area contributed by atoms with Crippen molar-refractivity contribution in [1.82, 2.24) is 10.5 Å². The Morgan fingerprint density at radius 3 is 2.94 bits per heavy atom. The molecule has 1 amide bonds. The topological polar surface area (TPSA) is 55.1 Å². The number of amides is 1. The fourth-order valence-corrected chi connectivity index (χ4v) is 1.59. The molecule has 0 bridgehead atoms. The van der Waals surface area contributed by atoms with E-state index in [1.54, 1.807) is 0 Å². The van der Waals surface area contributed by atoms with Crippen molar-refractivity contribution in [3.8, 4) is 0 Å². The second kappa shape index (κ2) is 4.35. The Labute approximate surface area is 93.6 Å². The maximum absolute atomic E-state index is 11.6. The van der Waals surface area contributed by atoms with Crippen LogP contribution in [0.4, 0.5) is 0 Å². The van der Waals surface area contributed by atoms with Gasteiger partial charge in [0.1, 0.15) is 5.69 Å². The number of para-hydroxylation sites is 1. The average molecular weight is 218 g/mol. The zero-order valence-corrected chi connectivity index (χ0v) is 9.36. The minimum atomic E-state index is -0.0333. The molecule has 1 N–H and O–H groups in total. The van der Waals surface area contributed by atoms with Crippen molar-refractivity contribution >= 4 is 16.9 Å². The summed E-state index contributed by atoms with van der Waals surface area (Å²) in [5.41, 5.74) is 1.41. The van der Waals surface area contributed by atoms with Gasteiger partial charge in [-0.25, -0.2) is 0 Å². The van der Waals surface area contributed by atoms with Crippen LogP contribution < -0.4 is 5.32 Å². The number of benzene rings is 1. The molecule has 0 spiro atoms. The lowest BCUT2D eigenvalue weighted by molar-refractivity contribution is -0.120. The smallest absolute Gasteiger partial charge is 0.226 e. The van der Waals surface area contributed by atoms with Crippen molar-refractivity contribution in [2.75, 3.05) is 0 Å². The zero-order chi connectivity index (χ0) is 11.5. The summed E-state index contributed by atoms with van der Waals surface area (Å²) in [6.07, 6.45) is 0.259. The molecule has 4 heteroatoms. The molecule has 0 saturated heterocycles. The van der Waals surface area contributed by atoms with E-state index in [-0.39, 0.29) is 18.4 Å². The van der Waals surface area contributed by atoms with E-state index in [0.29, 0.717) is 5.69 Å². The van der Waals surface area contributed by atoms with E-state index in [2.05, 4.69) is 10.5 Å². The SMILES string of the molecule is CC(C)NC(=O)Cc1noc2ccccc12. The van der Waals surface area contributed by atoms with Crippen molar-refractivity contribution in [3.05, 3.63) is 30.0 Å². The molecule has 0 unspecified atom stereocenters. The largest absolute Gasteiger partial charge is 0.356 e. The lowest BCUT2D eigenvalue weighted by Gasteiger charge is -2.06. The van der Waals surface area contributed by atoms with Crippen LogP contribution in [-0.2, 0) is 11.2 Å². The van der Waals surface area contributed by atoms with E-state index in [4.69, 9.17) is 4.52 Å². The third kappa shape index (κ3) is 2.21. The molecule has 0 fully saturated rings. The van der Waals surface area contributed by atoms with E-state index >= 15 is 0 Å². The van der Waals surface area contributed by atoms with Gasteiger partial charge in [0.05, 0.1) is 6.42 Å².